The van der Waals surface area contributed by atoms with Crippen LogP contribution in [0.25, 0.3) is 0 Å². The third-order valence-electron chi connectivity index (χ3n) is 17.3. The number of unbranched alkanes of at least 4 members (excludes halogenated alkanes) is 30. The highest BCUT2D eigenvalue weighted by molar-refractivity contribution is 5.71. The van der Waals surface area contributed by atoms with Gasteiger partial charge >= 0.3 is 35.8 Å². The van der Waals surface area contributed by atoms with Crippen LogP contribution in [0.1, 0.15) is 311 Å². The van der Waals surface area contributed by atoms with Gasteiger partial charge in [-0.3, -0.25) is 38.6 Å². The van der Waals surface area contributed by atoms with Crippen LogP contribution >= 0.6 is 0 Å². The molecule has 0 aliphatic carbocycles. The van der Waals surface area contributed by atoms with Crippen LogP contribution in [0.3, 0.4) is 0 Å². The SMILES string of the molecule is CCCCCCCCCCOC(=O)CCN(CCCCC(=O)OCCN1CC(C)N(CCOC(=O)CCCCN(CCC(=O)OCCCCCCCCCC)CCC(=O)OCCCCCCCCCC)CC1C)CCC(=O)OCCCCCCCCCC. The Morgan fingerprint density at radius 1 is 0.273 bits per heavy atom. The van der Waals surface area contributed by atoms with E-state index in [1.54, 1.807) is 0 Å². The molecule has 16 heteroatoms. The zero-order chi connectivity index (χ0) is 64.2. The molecule has 1 fully saturated rings. The van der Waals surface area contributed by atoms with Crippen molar-refractivity contribution in [3.63, 3.8) is 0 Å². The van der Waals surface area contributed by atoms with Gasteiger partial charge in [-0.25, -0.2) is 0 Å². The van der Waals surface area contributed by atoms with Gasteiger partial charge < -0.3 is 38.2 Å². The van der Waals surface area contributed by atoms with Crippen molar-refractivity contribution in [1.82, 2.24) is 19.6 Å². The fourth-order valence-corrected chi connectivity index (χ4v) is 11.4. The maximum atomic E-state index is 12.9. The lowest BCUT2D eigenvalue weighted by Crippen LogP contribution is -2.57. The van der Waals surface area contributed by atoms with Crippen LogP contribution in [0.4, 0.5) is 0 Å². The van der Waals surface area contributed by atoms with Gasteiger partial charge in [-0.05, 0) is 78.3 Å². The zero-order valence-electron chi connectivity index (χ0n) is 57.9. The van der Waals surface area contributed by atoms with Crippen molar-refractivity contribution >= 4 is 35.8 Å². The standard InChI is InChI=1S/C72H136N4O12/c1-7-11-15-19-23-27-31-39-57-83-69(79)45-51-73(52-46-70(80)84-58-40-32-28-24-20-16-12-8-2)49-37-35-43-67(77)87-61-55-75-63-66(6)76(64-65(75)5)56-62-88-68(78)44-36-38-50-74(53-47-71(81)85-59-41-33-29-25-21-17-13-9-3)54-48-72(82)86-60-42-34-30-26-22-18-14-10-4/h65-66H,7-64H2,1-6H3. The van der Waals surface area contributed by atoms with Gasteiger partial charge in [0.25, 0.3) is 0 Å². The molecule has 0 aromatic heterocycles. The molecule has 2 atom stereocenters. The predicted octanol–water partition coefficient (Wildman–Crippen LogP) is 15.7. The number of hydrogen-bond donors (Lipinski definition) is 0. The number of ether oxygens (including phenoxy) is 6. The molecule has 0 radical (unpaired) electrons. The molecule has 0 N–H and O–H groups in total. The van der Waals surface area contributed by atoms with Gasteiger partial charge in [0, 0.05) is 77.3 Å². The number of carbonyl (C=O) groups excluding carboxylic acids is 6. The minimum Gasteiger partial charge on any atom is -0.466 e. The molecule has 1 saturated heterocycles. The first-order valence-electron chi connectivity index (χ1n) is 36.8. The molecular formula is C72H136N4O12. The summed E-state index contributed by atoms with van der Waals surface area (Å²) in [6.07, 6.45) is 42.4. The van der Waals surface area contributed by atoms with E-state index in [1.165, 1.54) is 154 Å². The number of esters is 6. The van der Waals surface area contributed by atoms with Crippen molar-refractivity contribution < 1.29 is 57.2 Å². The number of rotatable bonds is 64. The molecule has 1 aliphatic rings. The highest BCUT2D eigenvalue weighted by Gasteiger charge is 2.29. The van der Waals surface area contributed by atoms with E-state index >= 15 is 0 Å². The van der Waals surface area contributed by atoms with Gasteiger partial charge in [0.1, 0.15) is 13.2 Å². The Bertz CT molecular complexity index is 1480. The van der Waals surface area contributed by atoms with E-state index in [0.717, 1.165) is 77.3 Å². The quantitative estimate of drug-likeness (QED) is 0.0320. The Hall–Kier alpha value is -3.34. The van der Waals surface area contributed by atoms with E-state index in [-0.39, 0.29) is 73.6 Å². The van der Waals surface area contributed by atoms with Crippen LogP contribution in [-0.2, 0) is 57.2 Å². The van der Waals surface area contributed by atoms with E-state index in [9.17, 15) is 28.8 Å². The molecule has 0 aromatic carbocycles. The van der Waals surface area contributed by atoms with Crippen molar-refractivity contribution in [3.8, 4) is 0 Å². The molecule has 1 rings (SSSR count). The van der Waals surface area contributed by atoms with Crippen molar-refractivity contribution in [2.45, 2.75) is 323 Å². The first-order valence-corrected chi connectivity index (χ1v) is 36.8. The summed E-state index contributed by atoms with van der Waals surface area (Å²) in [5, 5.41) is 0. The van der Waals surface area contributed by atoms with Crippen LogP contribution in [-0.4, -0.2) is 173 Å². The molecule has 0 aromatic rings. The summed E-state index contributed by atoms with van der Waals surface area (Å²) >= 11 is 0. The lowest BCUT2D eigenvalue weighted by molar-refractivity contribution is -0.146. The van der Waals surface area contributed by atoms with Crippen LogP contribution in [0.15, 0.2) is 0 Å². The van der Waals surface area contributed by atoms with Crippen molar-refractivity contribution in [2.75, 3.05) is 105 Å². The largest absolute Gasteiger partial charge is 0.466 e. The molecule has 88 heavy (non-hydrogen) atoms. The molecule has 0 saturated carbocycles. The Morgan fingerprint density at radius 2 is 0.489 bits per heavy atom. The maximum Gasteiger partial charge on any atom is 0.307 e. The summed E-state index contributed by atoms with van der Waals surface area (Å²) in [4.78, 5) is 85.5. The molecule has 16 nitrogen and oxygen atoms in total. The van der Waals surface area contributed by atoms with E-state index < -0.39 is 0 Å². The number of piperazine rings is 1. The average molecular weight is 1250 g/mol. The summed E-state index contributed by atoms with van der Waals surface area (Å²) in [5.41, 5.74) is 0. The maximum absolute atomic E-state index is 12.9. The third kappa shape index (κ3) is 52.3. The first kappa shape index (κ1) is 82.7. The average Bonchev–Trinajstić information content (AvgIpc) is 3.72. The normalized spacial score (nSPS) is 14.6. The predicted molar refractivity (Wildman–Crippen MR) is 357 cm³/mol. The minimum atomic E-state index is -0.220. The summed E-state index contributed by atoms with van der Waals surface area (Å²) < 4.78 is 33.7. The molecular weight excluding hydrogens is 1110 g/mol. The number of nitrogens with zero attached hydrogens (tertiary/aromatic N) is 4. The van der Waals surface area contributed by atoms with Gasteiger partial charge in [-0.15, -0.1) is 0 Å². The third-order valence-corrected chi connectivity index (χ3v) is 17.3. The lowest BCUT2D eigenvalue weighted by atomic mass is 10.1. The van der Waals surface area contributed by atoms with Gasteiger partial charge in [0.2, 0.25) is 0 Å². The van der Waals surface area contributed by atoms with Crippen LogP contribution in [0, 0.1) is 0 Å². The summed E-state index contributed by atoms with van der Waals surface area (Å²) in [6, 6.07) is 0.468. The smallest absolute Gasteiger partial charge is 0.307 e. The van der Waals surface area contributed by atoms with Crippen molar-refractivity contribution in [1.29, 1.82) is 0 Å². The van der Waals surface area contributed by atoms with Gasteiger partial charge in [-0.1, -0.05) is 207 Å². The number of carbonyl (C=O) groups is 6. The lowest BCUT2D eigenvalue weighted by Gasteiger charge is -2.44. The molecule has 1 aliphatic heterocycles. The zero-order valence-corrected chi connectivity index (χ0v) is 57.9. The second-order valence-corrected chi connectivity index (χ2v) is 25.5. The topological polar surface area (TPSA) is 171 Å². The molecule has 516 valence electrons. The fraction of sp³-hybridized carbons (Fsp3) is 0.917. The van der Waals surface area contributed by atoms with Crippen LogP contribution in [0.5, 0.6) is 0 Å². The second kappa shape index (κ2) is 61.2. The molecule has 2 unspecified atom stereocenters. The van der Waals surface area contributed by atoms with E-state index in [2.05, 4.69) is 61.1 Å². The molecule has 0 spiro atoms. The van der Waals surface area contributed by atoms with Crippen LogP contribution < -0.4 is 0 Å². The Balaban J connectivity index is 2.48. The summed E-state index contributed by atoms with van der Waals surface area (Å²) in [7, 11) is 0. The van der Waals surface area contributed by atoms with E-state index in [4.69, 9.17) is 28.4 Å². The van der Waals surface area contributed by atoms with Crippen molar-refractivity contribution in [3.05, 3.63) is 0 Å². The van der Waals surface area contributed by atoms with E-state index in [1.807, 2.05) is 0 Å². The Kier molecular flexibility index (Phi) is 57.5. The highest BCUT2D eigenvalue weighted by atomic mass is 16.6. The summed E-state index contributed by atoms with van der Waals surface area (Å²) in [6.45, 7) is 21.9. The molecule has 0 bridgehead atoms. The Morgan fingerprint density at radius 3 is 0.739 bits per heavy atom. The first-order chi connectivity index (χ1) is 42.9. The van der Waals surface area contributed by atoms with Gasteiger partial charge in [0.15, 0.2) is 0 Å². The van der Waals surface area contributed by atoms with Crippen LogP contribution in [0.2, 0.25) is 0 Å². The number of hydrogen-bond acceptors (Lipinski definition) is 16. The van der Waals surface area contributed by atoms with Gasteiger partial charge in [-0.2, -0.15) is 0 Å². The summed E-state index contributed by atoms with van der Waals surface area (Å²) in [5.74, 6) is -1.28. The minimum absolute atomic E-state index is 0.211. The second-order valence-electron chi connectivity index (χ2n) is 25.5. The van der Waals surface area contributed by atoms with Gasteiger partial charge in [0.05, 0.1) is 52.1 Å². The molecule has 1 heterocycles. The molecule has 0 amide bonds. The van der Waals surface area contributed by atoms with E-state index in [0.29, 0.717) is 118 Å². The fourth-order valence-electron chi connectivity index (χ4n) is 11.4. The monoisotopic (exact) mass is 1250 g/mol. The van der Waals surface area contributed by atoms with Crippen molar-refractivity contribution in [2.24, 2.45) is 0 Å². The Labute approximate surface area is 538 Å². The highest BCUT2D eigenvalue weighted by Crippen LogP contribution is 2.17.